The smallest absolute Gasteiger partial charge is 0.100 e. The van der Waals surface area contributed by atoms with Gasteiger partial charge in [-0.2, -0.15) is 0 Å². The Balaban J connectivity index is 1.93. The maximum atomic E-state index is 9.26. The molecule has 4 heteroatoms. The van der Waals surface area contributed by atoms with Gasteiger partial charge in [0.15, 0.2) is 0 Å². The lowest BCUT2D eigenvalue weighted by Crippen LogP contribution is -2.54. The van der Waals surface area contributed by atoms with Crippen LogP contribution in [0.15, 0.2) is 0 Å². The van der Waals surface area contributed by atoms with Crippen molar-refractivity contribution in [2.45, 2.75) is 63.9 Å². The maximum Gasteiger partial charge on any atom is 0.100 e. The van der Waals surface area contributed by atoms with Crippen molar-refractivity contribution in [1.82, 2.24) is 4.90 Å². The van der Waals surface area contributed by atoms with Crippen molar-refractivity contribution in [2.24, 2.45) is 0 Å². The van der Waals surface area contributed by atoms with Crippen LogP contribution in [-0.2, 0) is 9.47 Å². The van der Waals surface area contributed by atoms with Crippen LogP contribution in [0.25, 0.3) is 0 Å². The fraction of sp³-hybridized carbons (Fsp3) is 1.00. The molecule has 0 aromatic rings. The SMILES string of the molecule is CC(C)(C)OCN1C[C@@H](CO)O[C@@H]2CCC[C@@H]21. The summed E-state index contributed by atoms with van der Waals surface area (Å²) in [7, 11) is 0. The number of hydrogen-bond acceptors (Lipinski definition) is 4. The van der Waals surface area contributed by atoms with Gasteiger partial charge in [0, 0.05) is 12.6 Å². The monoisotopic (exact) mass is 243 g/mol. The molecule has 2 fully saturated rings. The molecule has 1 aliphatic heterocycles. The molecular weight excluding hydrogens is 218 g/mol. The molecule has 0 spiro atoms. The van der Waals surface area contributed by atoms with Crippen LogP contribution in [0.4, 0.5) is 0 Å². The fourth-order valence-electron chi connectivity index (χ4n) is 2.70. The van der Waals surface area contributed by atoms with Crippen LogP contribution in [0.5, 0.6) is 0 Å². The molecule has 0 unspecified atom stereocenters. The third-order valence-electron chi connectivity index (χ3n) is 3.56. The van der Waals surface area contributed by atoms with Crippen LogP contribution in [0, 0.1) is 0 Å². The average molecular weight is 243 g/mol. The van der Waals surface area contributed by atoms with Crippen molar-refractivity contribution in [2.75, 3.05) is 19.9 Å². The van der Waals surface area contributed by atoms with Gasteiger partial charge in [0.1, 0.15) is 6.73 Å². The lowest BCUT2D eigenvalue weighted by atomic mass is 10.1. The Labute approximate surface area is 104 Å². The number of aliphatic hydroxyl groups excluding tert-OH is 1. The minimum atomic E-state index is -0.110. The van der Waals surface area contributed by atoms with Crippen LogP contribution in [0.2, 0.25) is 0 Å². The van der Waals surface area contributed by atoms with Gasteiger partial charge in [-0.1, -0.05) is 0 Å². The van der Waals surface area contributed by atoms with Gasteiger partial charge in [-0.3, -0.25) is 4.90 Å². The number of nitrogens with zero attached hydrogens (tertiary/aromatic N) is 1. The van der Waals surface area contributed by atoms with Gasteiger partial charge in [-0.25, -0.2) is 0 Å². The van der Waals surface area contributed by atoms with Crippen LogP contribution in [-0.4, -0.2) is 53.7 Å². The minimum Gasteiger partial charge on any atom is -0.394 e. The van der Waals surface area contributed by atoms with E-state index in [1.807, 2.05) is 0 Å². The quantitative estimate of drug-likeness (QED) is 0.813. The van der Waals surface area contributed by atoms with E-state index in [1.165, 1.54) is 12.8 Å². The summed E-state index contributed by atoms with van der Waals surface area (Å²) in [4.78, 5) is 2.34. The molecule has 17 heavy (non-hydrogen) atoms. The van der Waals surface area contributed by atoms with Gasteiger partial charge in [0.25, 0.3) is 0 Å². The first-order valence-electron chi connectivity index (χ1n) is 6.64. The second-order valence-electron chi connectivity index (χ2n) is 6.13. The lowest BCUT2D eigenvalue weighted by molar-refractivity contribution is -0.163. The standard InChI is InChI=1S/C13H25NO3/c1-13(2,3)16-9-14-7-10(8-15)17-12-6-4-5-11(12)14/h10-12,15H,4-9H2,1-3H3/t10-,11-,12+/m0/s1. The van der Waals surface area contributed by atoms with Gasteiger partial charge in [0.2, 0.25) is 0 Å². The topological polar surface area (TPSA) is 41.9 Å². The molecule has 100 valence electrons. The highest BCUT2D eigenvalue weighted by atomic mass is 16.5. The highest BCUT2D eigenvalue weighted by molar-refractivity contribution is 4.91. The molecule has 1 saturated carbocycles. The number of morpholine rings is 1. The van der Waals surface area contributed by atoms with Crippen molar-refractivity contribution >= 4 is 0 Å². The summed E-state index contributed by atoms with van der Waals surface area (Å²) in [5.74, 6) is 0. The zero-order chi connectivity index (χ0) is 12.5. The highest BCUT2D eigenvalue weighted by Gasteiger charge is 2.39. The second-order valence-corrected chi connectivity index (χ2v) is 6.13. The van der Waals surface area contributed by atoms with Crippen molar-refractivity contribution < 1.29 is 14.6 Å². The zero-order valence-corrected chi connectivity index (χ0v) is 11.2. The largest absolute Gasteiger partial charge is 0.394 e. The predicted octanol–water partition coefficient (Wildman–Crippen LogP) is 1.37. The normalized spacial score (nSPS) is 34.9. The summed E-state index contributed by atoms with van der Waals surface area (Å²) in [6, 6.07) is 0.486. The fourth-order valence-corrected chi connectivity index (χ4v) is 2.70. The molecule has 0 aromatic heterocycles. The molecule has 0 aromatic carbocycles. The summed E-state index contributed by atoms with van der Waals surface area (Å²) in [6.07, 6.45) is 3.78. The number of rotatable bonds is 3. The first-order chi connectivity index (χ1) is 7.99. The van der Waals surface area contributed by atoms with Crippen LogP contribution in [0.1, 0.15) is 40.0 Å². The lowest BCUT2D eigenvalue weighted by Gasteiger charge is -2.42. The van der Waals surface area contributed by atoms with Crippen LogP contribution < -0.4 is 0 Å². The molecular formula is C13H25NO3. The number of hydrogen-bond donors (Lipinski definition) is 1. The van der Waals surface area contributed by atoms with E-state index in [0.717, 1.165) is 13.0 Å². The molecule has 1 N–H and O–H groups in total. The third kappa shape index (κ3) is 3.41. The van der Waals surface area contributed by atoms with Crippen molar-refractivity contribution in [3.05, 3.63) is 0 Å². The van der Waals surface area contributed by atoms with E-state index in [2.05, 4.69) is 25.7 Å². The summed E-state index contributed by atoms with van der Waals surface area (Å²) in [6.45, 7) is 7.75. The van der Waals surface area contributed by atoms with E-state index < -0.39 is 0 Å². The molecule has 0 bridgehead atoms. The summed E-state index contributed by atoms with van der Waals surface area (Å²) in [5, 5.41) is 9.26. The van der Waals surface area contributed by atoms with Crippen LogP contribution >= 0.6 is 0 Å². The van der Waals surface area contributed by atoms with Crippen molar-refractivity contribution in [1.29, 1.82) is 0 Å². The summed E-state index contributed by atoms with van der Waals surface area (Å²) >= 11 is 0. The highest BCUT2D eigenvalue weighted by Crippen LogP contribution is 2.31. The Morgan fingerprint density at radius 3 is 2.76 bits per heavy atom. The molecule has 1 heterocycles. The van der Waals surface area contributed by atoms with Crippen molar-refractivity contribution in [3.8, 4) is 0 Å². The van der Waals surface area contributed by atoms with Crippen LogP contribution in [0.3, 0.4) is 0 Å². The molecule has 4 nitrogen and oxygen atoms in total. The zero-order valence-electron chi connectivity index (χ0n) is 11.2. The van der Waals surface area contributed by atoms with Gasteiger partial charge < -0.3 is 14.6 Å². The Morgan fingerprint density at radius 1 is 1.35 bits per heavy atom. The Kier molecular flexibility index (Phi) is 4.08. The Bertz CT molecular complexity index is 252. The molecule has 2 aliphatic rings. The van der Waals surface area contributed by atoms with Crippen molar-refractivity contribution in [3.63, 3.8) is 0 Å². The number of aliphatic hydroxyl groups is 1. The summed E-state index contributed by atoms with van der Waals surface area (Å²) in [5.41, 5.74) is -0.110. The second kappa shape index (κ2) is 5.22. The molecule has 0 amide bonds. The Hall–Kier alpha value is -0.160. The van der Waals surface area contributed by atoms with E-state index in [4.69, 9.17) is 9.47 Å². The summed E-state index contributed by atoms with van der Waals surface area (Å²) < 4.78 is 11.7. The Morgan fingerprint density at radius 2 is 2.12 bits per heavy atom. The number of ether oxygens (including phenoxy) is 2. The van der Waals surface area contributed by atoms with Gasteiger partial charge >= 0.3 is 0 Å². The van der Waals surface area contributed by atoms with E-state index in [1.54, 1.807) is 0 Å². The number of fused-ring (bicyclic) bond motifs is 1. The van der Waals surface area contributed by atoms with E-state index in [0.29, 0.717) is 18.9 Å². The molecule has 0 radical (unpaired) electrons. The third-order valence-corrected chi connectivity index (χ3v) is 3.56. The van der Waals surface area contributed by atoms with E-state index in [9.17, 15) is 5.11 Å². The van der Waals surface area contributed by atoms with Gasteiger partial charge in [-0.05, 0) is 40.0 Å². The minimum absolute atomic E-state index is 0.0436. The first-order valence-corrected chi connectivity index (χ1v) is 6.64. The van der Waals surface area contributed by atoms with Gasteiger partial charge in [0.05, 0.1) is 24.4 Å². The predicted molar refractivity (Wildman–Crippen MR) is 65.8 cm³/mol. The molecule has 3 atom stereocenters. The first kappa shape index (κ1) is 13.3. The maximum absolute atomic E-state index is 9.26. The van der Waals surface area contributed by atoms with E-state index >= 15 is 0 Å². The molecule has 1 aliphatic carbocycles. The van der Waals surface area contributed by atoms with Gasteiger partial charge in [-0.15, -0.1) is 0 Å². The molecule has 1 saturated heterocycles. The van der Waals surface area contributed by atoms with E-state index in [-0.39, 0.29) is 18.3 Å². The molecule has 2 rings (SSSR count). The average Bonchev–Trinajstić information content (AvgIpc) is 2.72.